The van der Waals surface area contributed by atoms with Crippen molar-refractivity contribution in [1.82, 2.24) is 5.32 Å². The minimum Gasteiger partial charge on any atom is -0.314 e. The van der Waals surface area contributed by atoms with Gasteiger partial charge in [0.15, 0.2) is 0 Å². The normalized spacial score (nSPS) is 11.3. The molecule has 0 bridgehead atoms. The minimum absolute atomic E-state index is 0.0435. The van der Waals surface area contributed by atoms with Gasteiger partial charge in [0.05, 0.1) is 0 Å². The molecule has 0 saturated carbocycles. The lowest BCUT2D eigenvalue weighted by atomic mass is 10.3. The van der Waals surface area contributed by atoms with E-state index in [1.807, 2.05) is 13.8 Å². The molecule has 0 aliphatic heterocycles. The number of nitrogens with one attached hydrogen (secondary N) is 1. The van der Waals surface area contributed by atoms with Crippen molar-refractivity contribution in [1.29, 1.82) is 0 Å². The van der Waals surface area contributed by atoms with Crippen molar-refractivity contribution < 1.29 is 8.78 Å². The van der Waals surface area contributed by atoms with Crippen molar-refractivity contribution in [2.24, 2.45) is 0 Å². The van der Waals surface area contributed by atoms with Crippen molar-refractivity contribution in [2.45, 2.75) is 32.7 Å². The standard InChI is InChI=1S/C6H13F2N/c1-5(2)9-4-3-6(7)8/h5-6,9H,3-4H2,1-2H3. The highest BCUT2D eigenvalue weighted by atomic mass is 19.3. The summed E-state index contributed by atoms with van der Waals surface area (Å²) >= 11 is 0. The molecule has 0 spiro atoms. The van der Waals surface area contributed by atoms with Crippen LogP contribution in [-0.4, -0.2) is 19.0 Å². The summed E-state index contributed by atoms with van der Waals surface area (Å²) in [5.41, 5.74) is 0. The molecule has 1 N–H and O–H groups in total. The number of hydrogen-bond donors (Lipinski definition) is 1. The average Bonchev–Trinajstić information content (AvgIpc) is 1.63. The Morgan fingerprint density at radius 3 is 2.22 bits per heavy atom. The molecular weight excluding hydrogens is 124 g/mol. The molecule has 0 aromatic rings. The van der Waals surface area contributed by atoms with Gasteiger partial charge < -0.3 is 5.32 Å². The van der Waals surface area contributed by atoms with E-state index in [-0.39, 0.29) is 6.42 Å². The molecule has 0 aromatic carbocycles. The Hall–Kier alpha value is -0.180. The van der Waals surface area contributed by atoms with Crippen molar-refractivity contribution in [3.63, 3.8) is 0 Å². The summed E-state index contributed by atoms with van der Waals surface area (Å²) in [4.78, 5) is 0. The van der Waals surface area contributed by atoms with Gasteiger partial charge in [0.1, 0.15) is 0 Å². The van der Waals surface area contributed by atoms with Crippen LogP contribution in [0.3, 0.4) is 0 Å². The van der Waals surface area contributed by atoms with Crippen LogP contribution in [0.1, 0.15) is 20.3 Å². The van der Waals surface area contributed by atoms with Gasteiger partial charge >= 0.3 is 0 Å². The third-order valence-electron chi connectivity index (χ3n) is 0.915. The van der Waals surface area contributed by atoms with Crippen LogP contribution in [0.5, 0.6) is 0 Å². The number of hydrogen-bond acceptors (Lipinski definition) is 1. The third kappa shape index (κ3) is 7.82. The predicted octanol–water partition coefficient (Wildman–Crippen LogP) is 1.64. The van der Waals surface area contributed by atoms with E-state index >= 15 is 0 Å². The molecule has 0 saturated heterocycles. The fraction of sp³-hybridized carbons (Fsp3) is 1.00. The Morgan fingerprint density at radius 1 is 1.33 bits per heavy atom. The van der Waals surface area contributed by atoms with E-state index in [1.165, 1.54) is 0 Å². The van der Waals surface area contributed by atoms with Crippen molar-refractivity contribution in [3.05, 3.63) is 0 Å². The van der Waals surface area contributed by atoms with Gasteiger partial charge in [-0.2, -0.15) is 0 Å². The maximum atomic E-state index is 11.4. The van der Waals surface area contributed by atoms with Crippen LogP contribution in [0.15, 0.2) is 0 Å². The summed E-state index contributed by atoms with van der Waals surface area (Å²) in [5.74, 6) is 0. The summed E-state index contributed by atoms with van der Waals surface area (Å²) < 4.78 is 22.9. The Labute approximate surface area is 54.4 Å². The van der Waals surface area contributed by atoms with Crippen LogP contribution in [0.4, 0.5) is 8.78 Å². The fourth-order valence-corrected chi connectivity index (χ4v) is 0.481. The second kappa shape index (κ2) is 4.68. The Balaban J connectivity index is 2.91. The van der Waals surface area contributed by atoms with E-state index in [2.05, 4.69) is 5.32 Å². The second-order valence-electron chi connectivity index (χ2n) is 2.29. The van der Waals surface area contributed by atoms with Crippen molar-refractivity contribution >= 4 is 0 Å². The molecule has 0 radical (unpaired) electrons. The van der Waals surface area contributed by atoms with E-state index < -0.39 is 6.43 Å². The van der Waals surface area contributed by atoms with Crippen LogP contribution >= 0.6 is 0 Å². The summed E-state index contributed by atoms with van der Waals surface area (Å²) in [5, 5.41) is 2.90. The molecule has 3 heteroatoms. The topological polar surface area (TPSA) is 12.0 Å². The minimum atomic E-state index is -2.17. The first-order valence-corrected chi connectivity index (χ1v) is 3.14. The zero-order valence-electron chi connectivity index (χ0n) is 5.82. The van der Waals surface area contributed by atoms with Gasteiger partial charge in [-0.15, -0.1) is 0 Å². The van der Waals surface area contributed by atoms with Crippen LogP contribution < -0.4 is 5.32 Å². The molecule has 0 aliphatic carbocycles. The molecule has 1 nitrogen and oxygen atoms in total. The number of rotatable bonds is 4. The molecule has 9 heavy (non-hydrogen) atoms. The van der Waals surface area contributed by atoms with Crippen LogP contribution in [0, 0.1) is 0 Å². The fourth-order valence-electron chi connectivity index (χ4n) is 0.481. The Morgan fingerprint density at radius 2 is 1.89 bits per heavy atom. The van der Waals surface area contributed by atoms with E-state index in [9.17, 15) is 8.78 Å². The number of halogens is 2. The summed E-state index contributed by atoms with van der Waals surface area (Å²) in [6.45, 7) is 4.28. The lowest BCUT2D eigenvalue weighted by molar-refractivity contribution is 0.136. The van der Waals surface area contributed by atoms with Crippen LogP contribution in [-0.2, 0) is 0 Å². The van der Waals surface area contributed by atoms with Crippen LogP contribution in [0.25, 0.3) is 0 Å². The summed E-state index contributed by atoms with van der Waals surface area (Å²) in [6.07, 6.45) is -2.21. The SMILES string of the molecule is CC(C)NCCC(F)F. The maximum Gasteiger partial charge on any atom is 0.239 e. The molecule has 0 fully saturated rings. The van der Waals surface area contributed by atoms with E-state index in [1.54, 1.807) is 0 Å². The molecule has 0 aromatic heterocycles. The Kier molecular flexibility index (Phi) is 4.58. The monoisotopic (exact) mass is 137 g/mol. The lowest BCUT2D eigenvalue weighted by Gasteiger charge is -2.05. The molecule has 0 atom stereocenters. The molecule has 0 amide bonds. The zero-order valence-corrected chi connectivity index (χ0v) is 5.82. The maximum absolute atomic E-state index is 11.4. The van der Waals surface area contributed by atoms with Gasteiger partial charge in [0, 0.05) is 19.0 Å². The number of alkyl halides is 2. The van der Waals surface area contributed by atoms with Gasteiger partial charge in [-0.25, -0.2) is 8.78 Å². The van der Waals surface area contributed by atoms with Crippen LogP contribution in [0.2, 0.25) is 0 Å². The molecule has 0 rings (SSSR count). The first kappa shape index (κ1) is 8.82. The third-order valence-corrected chi connectivity index (χ3v) is 0.915. The highest BCUT2D eigenvalue weighted by Crippen LogP contribution is 1.96. The van der Waals surface area contributed by atoms with Crippen molar-refractivity contribution in [3.8, 4) is 0 Å². The highest BCUT2D eigenvalue weighted by molar-refractivity contribution is 4.52. The van der Waals surface area contributed by atoms with Crippen molar-refractivity contribution in [2.75, 3.05) is 6.54 Å². The van der Waals surface area contributed by atoms with Gasteiger partial charge in [-0.3, -0.25) is 0 Å². The average molecular weight is 137 g/mol. The first-order chi connectivity index (χ1) is 4.13. The van der Waals surface area contributed by atoms with E-state index in [0.29, 0.717) is 12.6 Å². The molecule has 56 valence electrons. The lowest BCUT2D eigenvalue weighted by Crippen LogP contribution is -2.24. The predicted molar refractivity (Wildman–Crippen MR) is 33.8 cm³/mol. The molecule has 0 aliphatic rings. The van der Waals surface area contributed by atoms with Gasteiger partial charge in [0.25, 0.3) is 0 Å². The Bertz CT molecular complexity index is 56.1. The van der Waals surface area contributed by atoms with Gasteiger partial charge in [0.2, 0.25) is 6.43 Å². The second-order valence-corrected chi connectivity index (χ2v) is 2.29. The highest BCUT2D eigenvalue weighted by Gasteiger charge is 2.00. The van der Waals surface area contributed by atoms with Gasteiger partial charge in [-0.1, -0.05) is 13.8 Å². The molecule has 0 heterocycles. The van der Waals surface area contributed by atoms with E-state index in [4.69, 9.17) is 0 Å². The molecular formula is C6H13F2N. The zero-order chi connectivity index (χ0) is 7.28. The summed E-state index contributed by atoms with van der Waals surface area (Å²) in [6, 6.07) is 0.309. The summed E-state index contributed by atoms with van der Waals surface area (Å²) in [7, 11) is 0. The largest absolute Gasteiger partial charge is 0.314 e. The molecule has 0 unspecified atom stereocenters. The van der Waals surface area contributed by atoms with Gasteiger partial charge in [-0.05, 0) is 0 Å². The smallest absolute Gasteiger partial charge is 0.239 e. The van der Waals surface area contributed by atoms with E-state index in [0.717, 1.165) is 0 Å². The quantitative estimate of drug-likeness (QED) is 0.621. The first-order valence-electron chi connectivity index (χ1n) is 3.14.